The molecule has 0 unspecified atom stereocenters. The van der Waals surface area contributed by atoms with Crippen molar-refractivity contribution in [2.24, 2.45) is 11.8 Å². The van der Waals surface area contributed by atoms with Crippen molar-refractivity contribution in [3.63, 3.8) is 0 Å². The number of sulfonamides is 1. The van der Waals surface area contributed by atoms with Crippen molar-refractivity contribution in [2.75, 3.05) is 17.1 Å². The lowest BCUT2D eigenvalue weighted by Gasteiger charge is -2.24. The number of fused-ring (bicyclic) bond motifs is 2. The number of rotatable bonds is 7. The molecule has 2 bridgehead atoms. The number of hydrogen-bond acceptors (Lipinski definition) is 3. The summed E-state index contributed by atoms with van der Waals surface area (Å²) in [6.45, 7) is 0.0872. The van der Waals surface area contributed by atoms with Crippen molar-refractivity contribution in [1.29, 1.82) is 0 Å². The van der Waals surface area contributed by atoms with Gasteiger partial charge in [-0.1, -0.05) is 18.6 Å². The Kier molecular flexibility index (Phi) is 5.32. The summed E-state index contributed by atoms with van der Waals surface area (Å²) in [6.07, 6.45) is 6.42. The van der Waals surface area contributed by atoms with Crippen LogP contribution in [0.4, 0.5) is 10.1 Å². The first-order chi connectivity index (χ1) is 11.8. The molecule has 1 aromatic rings. The van der Waals surface area contributed by atoms with E-state index in [0.29, 0.717) is 12.3 Å². The third-order valence-electron chi connectivity index (χ3n) is 5.37. The molecule has 2 fully saturated rings. The predicted octanol–water partition coefficient (Wildman–Crippen LogP) is 2.68. The molecule has 2 aliphatic rings. The molecule has 0 saturated heterocycles. The summed E-state index contributed by atoms with van der Waals surface area (Å²) in [5.41, 5.74) is 0.0264. The molecule has 3 rings (SSSR count). The smallest absolute Gasteiger partial charge is 0.232 e. The lowest BCUT2D eigenvalue weighted by molar-refractivity contribution is -0.122. The van der Waals surface area contributed by atoms with Crippen molar-refractivity contribution in [2.45, 2.75) is 44.6 Å². The van der Waals surface area contributed by atoms with Gasteiger partial charge >= 0.3 is 0 Å². The topological polar surface area (TPSA) is 66.5 Å². The van der Waals surface area contributed by atoms with E-state index in [1.54, 1.807) is 6.07 Å². The average molecular weight is 368 g/mol. The van der Waals surface area contributed by atoms with Crippen LogP contribution in [-0.4, -0.2) is 33.2 Å². The molecule has 0 heterocycles. The number of benzene rings is 1. The minimum Gasteiger partial charge on any atom is -0.353 e. The molecule has 5 nitrogen and oxygen atoms in total. The maximum Gasteiger partial charge on any atom is 0.232 e. The van der Waals surface area contributed by atoms with Crippen LogP contribution >= 0.6 is 0 Å². The first-order valence-electron chi connectivity index (χ1n) is 8.86. The van der Waals surface area contributed by atoms with Crippen LogP contribution < -0.4 is 9.62 Å². The third-order valence-corrected chi connectivity index (χ3v) is 6.55. The van der Waals surface area contributed by atoms with E-state index in [2.05, 4.69) is 5.32 Å². The predicted molar refractivity (Wildman–Crippen MR) is 95.2 cm³/mol. The molecule has 1 aromatic carbocycles. The number of halogens is 1. The second kappa shape index (κ2) is 7.32. The van der Waals surface area contributed by atoms with Crippen LogP contribution in [-0.2, 0) is 14.8 Å². The van der Waals surface area contributed by atoms with Crippen molar-refractivity contribution < 1.29 is 17.6 Å². The van der Waals surface area contributed by atoms with Crippen molar-refractivity contribution >= 4 is 21.6 Å². The fourth-order valence-corrected chi connectivity index (χ4v) is 5.17. The number of anilines is 1. The molecule has 1 amide bonds. The first-order valence-corrected chi connectivity index (χ1v) is 10.7. The Morgan fingerprint density at radius 2 is 2.04 bits per heavy atom. The van der Waals surface area contributed by atoms with E-state index >= 15 is 0 Å². The van der Waals surface area contributed by atoms with E-state index < -0.39 is 15.8 Å². The van der Waals surface area contributed by atoms with Gasteiger partial charge in [0.25, 0.3) is 0 Å². The maximum atomic E-state index is 13.9. The second-order valence-corrected chi connectivity index (χ2v) is 9.15. The highest BCUT2D eigenvalue weighted by Gasteiger charge is 2.39. The van der Waals surface area contributed by atoms with Crippen LogP contribution in [0.15, 0.2) is 24.3 Å². The number of hydrogen-bond donors (Lipinski definition) is 1. The molecule has 7 heteroatoms. The summed E-state index contributed by atoms with van der Waals surface area (Å²) in [7, 11) is -3.61. The maximum absolute atomic E-state index is 13.9. The van der Waals surface area contributed by atoms with Gasteiger partial charge in [0.15, 0.2) is 0 Å². The zero-order valence-electron chi connectivity index (χ0n) is 14.4. The SMILES string of the molecule is CS(=O)(=O)N(CCCC(=O)N[C@@H]1C[C@@H]2CC[C@@H]1C2)c1ccccc1F. The van der Waals surface area contributed by atoms with Crippen LogP contribution in [0.3, 0.4) is 0 Å². The summed E-state index contributed by atoms with van der Waals surface area (Å²) in [6, 6.07) is 6.06. The van der Waals surface area contributed by atoms with Gasteiger partial charge in [0.2, 0.25) is 15.9 Å². The van der Waals surface area contributed by atoms with Crippen molar-refractivity contribution in [1.82, 2.24) is 5.32 Å². The Hall–Kier alpha value is -1.63. The van der Waals surface area contributed by atoms with Gasteiger partial charge in [0.05, 0.1) is 11.9 Å². The summed E-state index contributed by atoms with van der Waals surface area (Å²) >= 11 is 0. The average Bonchev–Trinajstić information content (AvgIpc) is 3.14. The second-order valence-electron chi connectivity index (χ2n) is 7.24. The lowest BCUT2D eigenvalue weighted by atomic mass is 9.95. The zero-order valence-corrected chi connectivity index (χ0v) is 15.3. The Morgan fingerprint density at radius 1 is 1.28 bits per heavy atom. The van der Waals surface area contributed by atoms with Crippen LogP contribution in [0.25, 0.3) is 0 Å². The fourth-order valence-electron chi connectivity index (χ4n) is 4.20. The highest BCUT2D eigenvalue weighted by Crippen LogP contribution is 2.44. The third kappa shape index (κ3) is 4.32. The minimum absolute atomic E-state index is 0.0264. The monoisotopic (exact) mass is 368 g/mol. The van der Waals surface area contributed by atoms with Gasteiger partial charge in [-0.15, -0.1) is 0 Å². The lowest BCUT2D eigenvalue weighted by Crippen LogP contribution is -2.39. The number of amides is 1. The molecular formula is C18H25FN2O3S. The molecular weight excluding hydrogens is 343 g/mol. The summed E-state index contributed by atoms with van der Waals surface area (Å²) in [4.78, 5) is 12.2. The Morgan fingerprint density at radius 3 is 2.64 bits per heavy atom. The molecule has 0 spiro atoms. The van der Waals surface area contributed by atoms with E-state index in [4.69, 9.17) is 0 Å². The van der Waals surface area contributed by atoms with Gasteiger partial charge in [-0.2, -0.15) is 0 Å². The fraction of sp³-hybridized carbons (Fsp3) is 0.611. The number of nitrogens with zero attached hydrogens (tertiary/aromatic N) is 1. The van der Waals surface area contributed by atoms with Crippen molar-refractivity contribution in [3.8, 4) is 0 Å². The van der Waals surface area contributed by atoms with Gasteiger partial charge in [0.1, 0.15) is 5.82 Å². The highest BCUT2D eigenvalue weighted by atomic mass is 32.2. The Labute approximate surface area is 148 Å². The van der Waals surface area contributed by atoms with Gasteiger partial charge in [-0.25, -0.2) is 12.8 Å². The van der Waals surface area contributed by atoms with E-state index in [1.165, 1.54) is 37.5 Å². The largest absolute Gasteiger partial charge is 0.353 e. The number of nitrogens with one attached hydrogen (secondary N) is 1. The minimum atomic E-state index is -3.61. The van der Waals surface area contributed by atoms with E-state index in [-0.39, 0.29) is 30.6 Å². The first kappa shape index (κ1) is 18.2. The highest BCUT2D eigenvalue weighted by molar-refractivity contribution is 7.92. The molecule has 0 aliphatic heterocycles. The number of carbonyl (C=O) groups is 1. The van der Waals surface area contributed by atoms with Crippen LogP contribution in [0.2, 0.25) is 0 Å². The summed E-state index contributed by atoms with van der Waals surface area (Å²) in [5.74, 6) is 0.746. The molecule has 2 saturated carbocycles. The van der Waals surface area contributed by atoms with Crippen LogP contribution in [0.1, 0.15) is 38.5 Å². The molecule has 138 valence electrons. The molecule has 0 aromatic heterocycles. The summed E-state index contributed by atoms with van der Waals surface area (Å²) < 4.78 is 38.9. The van der Waals surface area contributed by atoms with E-state index in [9.17, 15) is 17.6 Å². The van der Waals surface area contributed by atoms with Gasteiger partial charge < -0.3 is 5.32 Å². The van der Waals surface area contributed by atoms with E-state index in [1.807, 2.05) is 0 Å². The standard InChI is InChI=1S/C18H25FN2O3S/c1-25(23,24)21(17-6-3-2-5-15(17)19)10-4-7-18(22)20-16-12-13-8-9-14(16)11-13/h2-3,5-6,13-14,16H,4,7-12H2,1H3,(H,20,22)/t13-,14-,16-/m1/s1. The Bertz CT molecular complexity index is 738. The molecule has 3 atom stereocenters. The normalized spacial score (nSPS) is 25.1. The zero-order chi connectivity index (χ0) is 18.0. The van der Waals surface area contributed by atoms with E-state index in [0.717, 1.165) is 22.9 Å². The molecule has 25 heavy (non-hydrogen) atoms. The van der Waals surface area contributed by atoms with Gasteiger partial charge in [-0.05, 0) is 49.7 Å². The quantitative estimate of drug-likeness (QED) is 0.805. The molecule has 0 radical (unpaired) electrons. The van der Waals surface area contributed by atoms with Gasteiger partial charge in [0, 0.05) is 19.0 Å². The number of carbonyl (C=O) groups excluding carboxylic acids is 1. The van der Waals surface area contributed by atoms with Crippen LogP contribution in [0, 0.1) is 17.7 Å². The summed E-state index contributed by atoms with van der Waals surface area (Å²) in [5, 5.41) is 3.09. The van der Waals surface area contributed by atoms with Crippen LogP contribution in [0.5, 0.6) is 0 Å². The number of para-hydroxylation sites is 1. The van der Waals surface area contributed by atoms with Gasteiger partial charge in [-0.3, -0.25) is 9.10 Å². The van der Waals surface area contributed by atoms with Crippen molar-refractivity contribution in [3.05, 3.63) is 30.1 Å². The molecule has 1 N–H and O–H groups in total. The molecule has 2 aliphatic carbocycles. The Balaban J connectivity index is 1.53.